The first kappa shape index (κ1) is 19.4. The van der Waals surface area contributed by atoms with Crippen molar-refractivity contribution in [2.75, 3.05) is 17.9 Å². The molecule has 26 heavy (non-hydrogen) atoms. The monoisotopic (exact) mass is 382 g/mol. The van der Waals surface area contributed by atoms with Gasteiger partial charge in [-0.25, -0.2) is 8.93 Å². The number of benzene rings is 1. The van der Waals surface area contributed by atoms with Crippen LogP contribution in [0.25, 0.3) is 0 Å². The number of ether oxygens (including phenoxy) is 1. The number of hydrogen-bond acceptors (Lipinski definition) is 5. The second-order valence-electron chi connectivity index (χ2n) is 7.06. The Morgan fingerprint density at radius 3 is 3.08 bits per heavy atom. The summed E-state index contributed by atoms with van der Waals surface area (Å²) in [5.41, 5.74) is 7.58. The number of piperidine rings is 1. The minimum absolute atomic E-state index is 0.180. The van der Waals surface area contributed by atoms with Gasteiger partial charge in [0.25, 0.3) is 0 Å². The number of aliphatic hydroxyl groups is 1. The second kappa shape index (κ2) is 8.14. The third-order valence-electron chi connectivity index (χ3n) is 5.00. The molecule has 1 saturated heterocycles. The Labute approximate surface area is 156 Å². The summed E-state index contributed by atoms with van der Waals surface area (Å²) in [4.78, 5) is 2.15. The molecule has 4 unspecified atom stereocenters. The average molecular weight is 383 g/mol. The van der Waals surface area contributed by atoms with Crippen LogP contribution in [-0.2, 0) is 9.89 Å². The van der Waals surface area contributed by atoms with E-state index in [0.717, 1.165) is 44.2 Å². The zero-order valence-corrected chi connectivity index (χ0v) is 16.1. The van der Waals surface area contributed by atoms with Crippen LogP contribution in [0.1, 0.15) is 50.8 Å². The van der Waals surface area contributed by atoms with Gasteiger partial charge in [0.2, 0.25) is 0 Å². The Bertz CT molecular complexity index is 725. The van der Waals surface area contributed by atoms with E-state index in [-0.39, 0.29) is 6.04 Å². The minimum atomic E-state index is -2.65. The minimum Gasteiger partial charge on any atom is -0.491 e. The molecule has 0 saturated carbocycles. The summed E-state index contributed by atoms with van der Waals surface area (Å²) in [5, 5.41) is 10.4. The van der Waals surface area contributed by atoms with Gasteiger partial charge in [-0.15, -0.1) is 0 Å². The van der Waals surface area contributed by atoms with E-state index < -0.39 is 22.3 Å². The summed E-state index contributed by atoms with van der Waals surface area (Å²) in [6, 6.07) is 5.72. The van der Waals surface area contributed by atoms with Gasteiger partial charge in [0, 0.05) is 12.6 Å². The number of anilines is 1. The van der Waals surface area contributed by atoms with Crippen LogP contribution in [0, 0.1) is 0 Å². The van der Waals surface area contributed by atoms with Gasteiger partial charge in [0.15, 0.2) is 0 Å². The summed E-state index contributed by atoms with van der Waals surface area (Å²) in [5.74, 6) is 4.29. The highest BCUT2D eigenvalue weighted by molar-refractivity contribution is 7.99. The molecule has 0 aliphatic carbocycles. The maximum Gasteiger partial charge on any atom is 0.127 e. The highest BCUT2D eigenvalue weighted by Crippen LogP contribution is 2.34. The fourth-order valence-corrected chi connectivity index (χ4v) is 4.88. The predicted molar refractivity (Wildman–Crippen MR) is 106 cm³/mol. The molecule has 0 aromatic heterocycles. The van der Waals surface area contributed by atoms with Crippen molar-refractivity contribution < 1.29 is 14.1 Å². The Hall–Kier alpha value is -1.32. The van der Waals surface area contributed by atoms with Crippen LogP contribution in [0.5, 0.6) is 5.75 Å². The summed E-state index contributed by atoms with van der Waals surface area (Å²) >= 11 is 0. The number of nitrogens with two attached hydrogens (primary N) is 1. The molecule has 1 aromatic rings. The zero-order chi connectivity index (χ0) is 18.7. The summed E-state index contributed by atoms with van der Waals surface area (Å²) in [7, 11) is -2.65. The number of rotatable bonds is 6. The average Bonchev–Trinajstić information content (AvgIpc) is 2.59. The third-order valence-corrected chi connectivity index (χ3v) is 6.19. The van der Waals surface area contributed by atoms with Gasteiger partial charge in [-0.2, -0.15) is 0 Å². The number of fused-ring (bicyclic) bond motifs is 1. The first-order valence-corrected chi connectivity index (χ1v) is 11.0. The van der Waals surface area contributed by atoms with Crippen molar-refractivity contribution in [3.8, 4) is 5.75 Å². The van der Waals surface area contributed by atoms with E-state index >= 15 is 0 Å². The van der Waals surface area contributed by atoms with Crippen molar-refractivity contribution in [1.82, 2.24) is 9.62 Å². The van der Waals surface area contributed by atoms with E-state index in [0.29, 0.717) is 18.0 Å². The molecular weight excluding hydrogens is 352 g/mol. The molecule has 5 N–H and O–H groups in total. The van der Waals surface area contributed by atoms with Crippen LogP contribution >= 0.6 is 0 Å². The van der Waals surface area contributed by atoms with E-state index in [9.17, 15) is 9.32 Å². The van der Waals surface area contributed by atoms with Crippen LogP contribution in [0.2, 0.25) is 0 Å². The summed E-state index contributed by atoms with van der Waals surface area (Å²) < 4.78 is 24.0. The van der Waals surface area contributed by atoms with E-state index in [1.165, 1.54) is 0 Å². The van der Waals surface area contributed by atoms with Crippen LogP contribution in [0.15, 0.2) is 18.2 Å². The number of likely N-dealkylation sites (tertiary alicyclic amines) is 1. The molecule has 0 spiro atoms. The molecule has 2 aliphatic heterocycles. The molecular formula is C18H30N4O3S. The predicted octanol–water partition coefficient (Wildman–Crippen LogP) is 1.56. The molecule has 3 rings (SSSR count). The SMILES string of the molecule is C=S1(=O)Nc2cccc(OCC3CCCCN3C(O)CCC)c2C(N)N1. The van der Waals surface area contributed by atoms with Gasteiger partial charge in [0.05, 0.1) is 17.4 Å². The molecule has 7 nitrogen and oxygen atoms in total. The number of hydrogen-bond donors (Lipinski definition) is 4. The lowest BCUT2D eigenvalue weighted by Crippen LogP contribution is -2.49. The Morgan fingerprint density at radius 1 is 1.50 bits per heavy atom. The van der Waals surface area contributed by atoms with Crippen molar-refractivity contribution in [1.29, 1.82) is 0 Å². The maximum atomic E-state index is 12.2. The third kappa shape index (κ3) is 4.32. The number of aliphatic hydroxyl groups excluding tert-OH is 1. The summed E-state index contributed by atoms with van der Waals surface area (Å²) in [6.07, 6.45) is 3.95. The highest BCUT2D eigenvalue weighted by atomic mass is 32.2. The topological polar surface area (TPSA) is 99.8 Å². The van der Waals surface area contributed by atoms with Crippen molar-refractivity contribution in [2.24, 2.45) is 5.73 Å². The van der Waals surface area contributed by atoms with Gasteiger partial charge in [-0.3, -0.25) is 4.90 Å². The number of nitrogens with one attached hydrogen (secondary N) is 2. The molecule has 0 radical (unpaired) electrons. The van der Waals surface area contributed by atoms with Crippen molar-refractivity contribution >= 4 is 21.5 Å². The summed E-state index contributed by atoms with van der Waals surface area (Å²) in [6.45, 7) is 3.47. The fourth-order valence-electron chi connectivity index (χ4n) is 3.75. The normalized spacial score (nSPS) is 30.3. The molecule has 0 bridgehead atoms. The Morgan fingerprint density at radius 2 is 2.31 bits per heavy atom. The van der Waals surface area contributed by atoms with Crippen LogP contribution in [0.3, 0.4) is 0 Å². The van der Waals surface area contributed by atoms with E-state index in [4.69, 9.17) is 10.5 Å². The fraction of sp³-hybridized carbons (Fsp3) is 0.611. The van der Waals surface area contributed by atoms with Crippen molar-refractivity contribution in [2.45, 2.75) is 57.5 Å². The molecule has 1 aromatic carbocycles. The van der Waals surface area contributed by atoms with Crippen LogP contribution in [0.4, 0.5) is 5.69 Å². The van der Waals surface area contributed by atoms with Gasteiger partial charge in [-0.1, -0.05) is 25.8 Å². The Kier molecular flexibility index (Phi) is 6.09. The lowest BCUT2D eigenvalue weighted by atomic mass is 10.0. The zero-order valence-electron chi connectivity index (χ0n) is 15.3. The molecule has 4 atom stereocenters. The first-order chi connectivity index (χ1) is 12.4. The Balaban J connectivity index is 1.73. The smallest absolute Gasteiger partial charge is 0.127 e. The molecule has 2 heterocycles. The van der Waals surface area contributed by atoms with Gasteiger partial charge in [0.1, 0.15) is 28.5 Å². The van der Waals surface area contributed by atoms with Crippen molar-refractivity contribution in [3.63, 3.8) is 0 Å². The van der Waals surface area contributed by atoms with E-state index in [1.807, 2.05) is 18.2 Å². The molecule has 0 amide bonds. The molecule has 2 aliphatic rings. The molecule has 1 fully saturated rings. The standard InChI is InChI=1S/C18H30N4O3S/c1-3-7-16(23)22-11-5-4-8-13(22)12-25-15-10-6-9-14-17(15)18(19)21-26(2,24)20-14/h6,9-10,13,16,18,23H,2-5,7-8,11-12,19H2,1H3,(H2,20,21,24). The second-order valence-corrected chi connectivity index (χ2v) is 8.85. The number of nitrogens with zero attached hydrogens (tertiary/aromatic N) is 1. The largest absolute Gasteiger partial charge is 0.491 e. The maximum absolute atomic E-state index is 12.2. The quantitative estimate of drug-likeness (QED) is 0.560. The lowest BCUT2D eigenvalue weighted by molar-refractivity contribution is -0.0560. The van der Waals surface area contributed by atoms with E-state index in [2.05, 4.69) is 27.1 Å². The molecule has 8 heteroatoms. The van der Waals surface area contributed by atoms with E-state index in [1.54, 1.807) is 0 Å². The van der Waals surface area contributed by atoms with Crippen molar-refractivity contribution in [3.05, 3.63) is 23.8 Å². The molecule has 146 valence electrons. The highest BCUT2D eigenvalue weighted by Gasteiger charge is 2.29. The van der Waals surface area contributed by atoms with Crippen LogP contribution in [-0.4, -0.2) is 45.5 Å². The first-order valence-electron chi connectivity index (χ1n) is 9.28. The lowest BCUT2D eigenvalue weighted by Gasteiger charge is -2.39. The van der Waals surface area contributed by atoms with Gasteiger partial charge < -0.3 is 20.3 Å². The van der Waals surface area contributed by atoms with Crippen LogP contribution < -0.4 is 19.9 Å². The van der Waals surface area contributed by atoms with Gasteiger partial charge in [-0.05, 0) is 37.3 Å². The van der Waals surface area contributed by atoms with Gasteiger partial charge >= 0.3 is 0 Å².